The van der Waals surface area contributed by atoms with Gasteiger partial charge in [-0.3, -0.25) is 4.79 Å². The molecule has 0 amide bonds. The summed E-state index contributed by atoms with van der Waals surface area (Å²) in [4.78, 5) is 22.6. The van der Waals surface area contributed by atoms with E-state index < -0.39 is 5.63 Å². The zero-order valence-corrected chi connectivity index (χ0v) is 13.7. The molecular formula is C17H20O7. The summed E-state index contributed by atoms with van der Waals surface area (Å²) >= 11 is 0. The lowest BCUT2D eigenvalue weighted by atomic mass is 10.2. The lowest BCUT2D eigenvalue weighted by Crippen LogP contribution is -2.10. The molecule has 0 saturated carbocycles. The molecule has 1 N–H and O–H groups in total. The Balaban J connectivity index is 2.16. The number of fused-ring (bicyclic) bond motifs is 1. The summed E-state index contributed by atoms with van der Waals surface area (Å²) in [5.41, 5.74) is -0.557. The molecule has 1 aromatic carbocycles. The number of esters is 1. The van der Waals surface area contributed by atoms with Crippen molar-refractivity contribution in [1.82, 2.24) is 0 Å². The molecule has 0 aliphatic carbocycles. The number of carbonyl (C=O) groups is 1. The van der Waals surface area contributed by atoms with E-state index in [9.17, 15) is 14.7 Å². The molecular weight excluding hydrogens is 316 g/mol. The molecule has 1 aromatic heterocycles. The van der Waals surface area contributed by atoms with E-state index in [2.05, 4.69) is 0 Å². The molecule has 0 unspecified atom stereocenters. The molecule has 2 rings (SSSR count). The van der Waals surface area contributed by atoms with Crippen molar-refractivity contribution in [2.75, 3.05) is 19.8 Å². The van der Waals surface area contributed by atoms with E-state index in [0.717, 1.165) is 12.8 Å². The molecule has 130 valence electrons. The third kappa shape index (κ3) is 4.41. The largest absolute Gasteiger partial charge is 0.504 e. The van der Waals surface area contributed by atoms with Crippen LogP contribution in [0.5, 0.6) is 17.2 Å². The highest BCUT2D eigenvalue weighted by Crippen LogP contribution is 2.33. The van der Waals surface area contributed by atoms with Crippen molar-refractivity contribution in [3.63, 3.8) is 0 Å². The highest BCUT2D eigenvalue weighted by Gasteiger charge is 2.16. The molecule has 0 saturated heterocycles. The number of hydrogen-bond acceptors (Lipinski definition) is 7. The molecule has 1 heterocycles. The zero-order chi connectivity index (χ0) is 17.5. The van der Waals surface area contributed by atoms with Gasteiger partial charge in [-0.05, 0) is 18.6 Å². The summed E-state index contributed by atoms with van der Waals surface area (Å²) in [6.07, 6.45) is 1.68. The lowest BCUT2D eigenvalue weighted by molar-refractivity contribution is -0.141. The SMILES string of the molecule is CCCCOc1c(O)c2ccc(OCCOC(C)=O)cc2oc1=O. The number of benzene rings is 1. The second-order valence-electron chi connectivity index (χ2n) is 5.12. The first-order chi connectivity index (χ1) is 11.5. The number of hydrogen-bond donors (Lipinski definition) is 1. The van der Waals surface area contributed by atoms with Crippen molar-refractivity contribution in [2.24, 2.45) is 0 Å². The molecule has 0 radical (unpaired) electrons. The average molecular weight is 336 g/mol. The number of carbonyl (C=O) groups excluding carboxylic acids is 1. The number of rotatable bonds is 8. The maximum absolute atomic E-state index is 11.9. The molecule has 0 bridgehead atoms. The average Bonchev–Trinajstić information content (AvgIpc) is 2.54. The lowest BCUT2D eigenvalue weighted by Gasteiger charge is -2.10. The van der Waals surface area contributed by atoms with Crippen molar-refractivity contribution in [1.29, 1.82) is 0 Å². The Morgan fingerprint density at radius 2 is 2.00 bits per heavy atom. The Labute approximate surface area is 138 Å². The van der Waals surface area contributed by atoms with Crippen LogP contribution in [0.2, 0.25) is 0 Å². The van der Waals surface area contributed by atoms with Crippen LogP contribution in [-0.2, 0) is 9.53 Å². The van der Waals surface area contributed by atoms with Crippen LogP contribution in [0.15, 0.2) is 27.4 Å². The highest BCUT2D eigenvalue weighted by atomic mass is 16.6. The maximum Gasteiger partial charge on any atom is 0.383 e. The zero-order valence-electron chi connectivity index (χ0n) is 13.7. The Hall–Kier alpha value is -2.70. The van der Waals surface area contributed by atoms with Crippen LogP contribution in [0.3, 0.4) is 0 Å². The van der Waals surface area contributed by atoms with Gasteiger partial charge in [0.05, 0.1) is 12.0 Å². The summed E-state index contributed by atoms with van der Waals surface area (Å²) in [7, 11) is 0. The number of unbranched alkanes of at least 4 members (excludes halogenated alkanes) is 1. The Kier molecular flexibility index (Phi) is 6.06. The van der Waals surface area contributed by atoms with Crippen LogP contribution >= 0.6 is 0 Å². The van der Waals surface area contributed by atoms with E-state index in [-0.39, 0.29) is 36.3 Å². The Morgan fingerprint density at radius 1 is 1.21 bits per heavy atom. The summed E-state index contributed by atoms with van der Waals surface area (Å²) in [6, 6.07) is 4.67. The normalized spacial score (nSPS) is 10.6. The maximum atomic E-state index is 11.9. The minimum absolute atomic E-state index is 0.118. The molecule has 0 aliphatic heterocycles. The second-order valence-corrected chi connectivity index (χ2v) is 5.12. The fraction of sp³-hybridized carbons (Fsp3) is 0.412. The summed E-state index contributed by atoms with van der Waals surface area (Å²) in [5.74, 6) is -0.385. The first kappa shape index (κ1) is 17.7. The quantitative estimate of drug-likeness (QED) is 0.450. The molecule has 0 atom stereocenters. The molecule has 0 spiro atoms. The van der Waals surface area contributed by atoms with Crippen LogP contribution < -0.4 is 15.1 Å². The van der Waals surface area contributed by atoms with Gasteiger partial charge >= 0.3 is 11.6 Å². The van der Waals surface area contributed by atoms with E-state index in [1.807, 2.05) is 6.92 Å². The standard InChI is InChI=1S/C17H20O7/c1-3-4-7-23-16-15(19)13-6-5-12(10-14(13)24-17(16)20)22-9-8-21-11(2)18/h5-6,10,19H,3-4,7-9H2,1-2H3. The van der Waals surface area contributed by atoms with Crippen LogP contribution in [-0.4, -0.2) is 30.9 Å². The Morgan fingerprint density at radius 3 is 2.71 bits per heavy atom. The smallest absolute Gasteiger partial charge is 0.383 e. The predicted octanol–water partition coefficient (Wildman–Crippen LogP) is 2.62. The predicted molar refractivity (Wildman–Crippen MR) is 86.7 cm³/mol. The van der Waals surface area contributed by atoms with Gasteiger partial charge in [-0.15, -0.1) is 0 Å². The van der Waals surface area contributed by atoms with Gasteiger partial charge in [0.15, 0.2) is 5.75 Å². The van der Waals surface area contributed by atoms with Gasteiger partial charge in [0.1, 0.15) is 24.5 Å². The summed E-state index contributed by atoms with van der Waals surface area (Å²) < 4.78 is 20.7. The van der Waals surface area contributed by atoms with E-state index in [1.165, 1.54) is 13.0 Å². The van der Waals surface area contributed by atoms with Crippen molar-refractivity contribution in [3.05, 3.63) is 28.6 Å². The van der Waals surface area contributed by atoms with Crippen molar-refractivity contribution >= 4 is 16.9 Å². The third-order valence-corrected chi connectivity index (χ3v) is 3.21. The topological polar surface area (TPSA) is 95.2 Å². The molecule has 24 heavy (non-hydrogen) atoms. The van der Waals surface area contributed by atoms with Crippen LogP contribution in [0.1, 0.15) is 26.7 Å². The van der Waals surface area contributed by atoms with Crippen LogP contribution in [0.4, 0.5) is 0 Å². The monoisotopic (exact) mass is 336 g/mol. The summed E-state index contributed by atoms with van der Waals surface area (Å²) in [6.45, 7) is 3.92. The minimum Gasteiger partial charge on any atom is -0.504 e. The summed E-state index contributed by atoms with van der Waals surface area (Å²) in [5, 5.41) is 10.6. The molecule has 0 aliphatic rings. The third-order valence-electron chi connectivity index (χ3n) is 3.21. The molecule has 2 aromatic rings. The van der Waals surface area contributed by atoms with Crippen molar-refractivity contribution < 1.29 is 28.5 Å². The highest BCUT2D eigenvalue weighted by molar-refractivity contribution is 5.86. The van der Waals surface area contributed by atoms with Gasteiger partial charge in [-0.25, -0.2) is 4.79 Å². The van der Waals surface area contributed by atoms with Crippen molar-refractivity contribution in [3.8, 4) is 17.2 Å². The van der Waals surface area contributed by atoms with Gasteiger partial charge in [-0.1, -0.05) is 13.3 Å². The van der Waals surface area contributed by atoms with Gasteiger partial charge in [0.25, 0.3) is 0 Å². The van der Waals surface area contributed by atoms with E-state index in [0.29, 0.717) is 17.7 Å². The van der Waals surface area contributed by atoms with E-state index in [4.69, 9.17) is 18.6 Å². The van der Waals surface area contributed by atoms with Gasteiger partial charge in [0, 0.05) is 13.0 Å². The first-order valence-corrected chi connectivity index (χ1v) is 7.71. The number of ether oxygens (including phenoxy) is 3. The molecule has 0 fully saturated rings. The number of aromatic hydroxyl groups is 1. The van der Waals surface area contributed by atoms with E-state index in [1.54, 1.807) is 12.1 Å². The van der Waals surface area contributed by atoms with E-state index >= 15 is 0 Å². The van der Waals surface area contributed by atoms with Gasteiger partial charge in [-0.2, -0.15) is 0 Å². The van der Waals surface area contributed by atoms with Crippen LogP contribution in [0.25, 0.3) is 11.0 Å². The minimum atomic E-state index is -0.742. The fourth-order valence-corrected chi connectivity index (χ4v) is 2.03. The molecule has 7 heteroatoms. The Bertz CT molecular complexity index is 763. The van der Waals surface area contributed by atoms with Gasteiger partial charge < -0.3 is 23.7 Å². The fourth-order valence-electron chi connectivity index (χ4n) is 2.03. The first-order valence-electron chi connectivity index (χ1n) is 7.71. The van der Waals surface area contributed by atoms with Crippen molar-refractivity contribution in [2.45, 2.75) is 26.7 Å². The molecule has 7 nitrogen and oxygen atoms in total. The second kappa shape index (κ2) is 8.24. The van der Waals surface area contributed by atoms with Crippen LogP contribution in [0, 0.1) is 0 Å². The van der Waals surface area contributed by atoms with Gasteiger partial charge in [0.2, 0.25) is 5.75 Å².